The van der Waals surface area contributed by atoms with Gasteiger partial charge < -0.3 is 20.7 Å². The van der Waals surface area contributed by atoms with Crippen molar-refractivity contribution >= 4 is 63.6 Å². The Hall–Kier alpha value is -5.52. The fourth-order valence-corrected chi connectivity index (χ4v) is 8.63. The highest BCUT2D eigenvalue weighted by Crippen LogP contribution is 2.43. The maximum Gasteiger partial charge on any atom is 0.341 e. The second-order valence-electron chi connectivity index (χ2n) is 12.7. The molecule has 11 heteroatoms. The molecule has 2 unspecified atom stereocenters. The van der Waals surface area contributed by atoms with Crippen molar-refractivity contribution in [3.8, 4) is 0 Å². The SMILES string of the molecule is CCOC(=O)c1c(NC(=O)C(CC)Sc2cccc(NC(=O)/C(=C/c3ccc(F)cc3)NC(=O)c3ccccc3)c2)sc2c1CCC(c1ccccc1)C2. The number of ether oxygens (including phenoxy) is 1. The molecule has 0 aliphatic heterocycles. The zero-order valence-corrected chi connectivity index (χ0v) is 31.5. The molecule has 8 nitrogen and oxygen atoms in total. The van der Waals surface area contributed by atoms with Gasteiger partial charge in [0, 0.05) is 21.0 Å². The standard InChI is InChI=1S/C43H40FN3O5S2/c1-3-36(41(50)47-42-38(43(51)52-4-2)34-23-20-30(25-37(34)54-42)28-12-7-5-8-13-28)53-33-17-11-16-32(26-33)45-40(49)35(24-27-18-21-31(44)22-19-27)46-39(48)29-14-9-6-10-15-29/h5-19,21-22,24,26,30,36H,3-4,20,23,25H2,1-2H3,(H,45,49)(H,46,48)(H,47,50)/b35-24-. The van der Waals surface area contributed by atoms with E-state index in [1.165, 1.54) is 59.0 Å². The van der Waals surface area contributed by atoms with Gasteiger partial charge in [-0.05, 0) is 104 Å². The summed E-state index contributed by atoms with van der Waals surface area (Å²) in [6.45, 7) is 3.91. The number of anilines is 2. The third kappa shape index (κ3) is 9.52. The van der Waals surface area contributed by atoms with Crippen molar-refractivity contribution in [2.45, 2.75) is 55.6 Å². The fraction of sp³-hybridized carbons (Fsp3) is 0.209. The van der Waals surface area contributed by atoms with E-state index in [9.17, 15) is 23.6 Å². The molecule has 3 N–H and O–H groups in total. The van der Waals surface area contributed by atoms with E-state index in [4.69, 9.17) is 4.74 Å². The Balaban J connectivity index is 1.17. The lowest BCUT2D eigenvalue weighted by Crippen LogP contribution is -2.30. The lowest BCUT2D eigenvalue weighted by Gasteiger charge is -2.23. The summed E-state index contributed by atoms with van der Waals surface area (Å²) in [5.74, 6) is -1.83. The van der Waals surface area contributed by atoms with Crippen molar-refractivity contribution in [2.75, 3.05) is 17.2 Å². The number of carbonyl (C=O) groups is 4. The summed E-state index contributed by atoms with van der Waals surface area (Å²) >= 11 is 2.79. The minimum atomic E-state index is -0.585. The minimum Gasteiger partial charge on any atom is -0.462 e. The third-order valence-corrected chi connectivity index (χ3v) is 11.5. The van der Waals surface area contributed by atoms with E-state index in [1.54, 1.807) is 55.5 Å². The lowest BCUT2D eigenvalue weighted by molar-refractivity contribution is -0.116. The van der Waals surface area contributed by atoms with Gasteiger partial charge in [0.1, 0.15) is 16.5 Å². The maximum atomic E-state index is 13.8. The van der Waals surface area contributed by atoms with Gasteiger partial charge in [-0.3, -0.25) is 14.4 Å². The molecule has 0 fully saturated rings. The number of carbonyl (C=O) groups excluding carboxylic acids is 4. The molecule has 1 heterocycles. The Morgan fingerprint density at radius 3 is 2.33 bits per heavy atom. The summed E-state index contributed by atoms with van der Waals surface area (Å²) in [6, 6.07) is 31.5. The Labute approximate surface area is 322 Å². The van der Waals surface area contributed by atoms with Crippen LogP contribution in [0.2, 0.25) is 0 Å². The van der Waals surface area contributed by atoms with Gasteiger partial charge in [0.25, 0.3) is 11.8 Å². The number of halogens is 1. The molecule has 1 aromatic heterocycles. The number of amides is 3. The molecule has 54 heavy (non-hydrogen) atoms. The average molecular weight is 762 g/mol. The highest BCUT2D eigenvalue weighted by Gasteiger charge is 2.32. The number of benzene rings is 4. The molecule has 0 saturated carbocycles. The summed E-state index contributed by atoms with van der Waals surface area (Å²) in [5.41, 5.74) is 3.96. The van der Waals surface area contributed by atoms with Crippen molar-refractivity contribution < 1.29 is 28.3 Å². The Morgan fingerprint density at radius 2 is 1.63 bits per heavy atom. The predicted octanol–water partition coefficient (Wildman–Crippen LogP) is 9.26. The van der Waals surface area contributed by atoms with E-state index in [0.717, 1.165) is 34.6 Å². The molecule has 4 aromatic carbocycles. The van der Waals surface area contributed by atoms with Crippen LogP contribution in [-0.2, 0) is 27.2 Å². The van der Waals surface area contributed by atoms with Crippen LogP contribution in [0, 0.1) is 5.82 Å². The second kappa shape index (κ2) is 18.0. The summed E-state index contributed by atoms with van der Waals surface area (Å²) in [4.78, 5) is 55.5. The molecule has 5 aromatic rings. The number of thiophene rings is 1. The van der Waals surface area contributed by atoms with Crippen LogP contribution in [0.25, 0.3) is 6.08 Å². The Kier molecular flexibility index (Phi) is 12.7. The first-order chi connectivity index (χ1) is 26.2. The Bertz CT molecular complexity index is 2150. The van der Waals surface area contributed by atoms with Gasteiger partial charge in [-0.2, -0.15) is 0 Å². The van der Waals surface area contributed by atoms with Gasteiger partial charge in [-0.25, -0.2) is 9.18 Å². The summed E-state index contributed by atoms with van der Waals surface area (Å²) in [6.07, 6.45) is 4.38. The number of esters is 1. The molecule has 0 spiro atoms. The van der Waals surface area contributed by atoms with Crippen molar-refractivity contribution in [2.24, 2.45) is 0 Å². The molecule has 6 rings (SSSR count). The molecule has 1 aliphatic carbocycles. The fourth-order valence-electron chi connectivity index (χ4n) is 6.30. The lowest BCUT2D eigenvalue weighted by atomic mass is 9.83. The van der Waals surface area contributed by atoms with Crippen molar-refractivity contribution in [3.05, 3.63) is 153 Å². The highest BCUT2D eigenvalue weighted by molar-refractivity contribution is 8.00. The van der Waals surface area contributed by atoms with Crippen LogP contribution in [0.15, 0.2) is 120 Å². The number of nitrogens with one attached hydrogen (secondary N) is 3. The predicted molar refractivity (Wildman–Crippen MR) is 213 cm³/mol. The molecule has 2 atom stereocenters. The van der Waals surface area contributed by atoms with E-state index in [2.05, 4.69) is 28.1 Å². The normalized spacial score (nSPS) is 14.4. The molecule has 0 radical (unpaired) electrons. The van der Waals surface area contributed by atoms with Gasteiger partial charge in [-0.15, -0.1) is 23.1 Å². The van der Waals surface area contributed by atoms with Crippen molar-refractivity contribution in [3.63, 3.8) is 0 Å². The van der Waals surface area contributed by atoms with Crippen LogP contribution >= 0.6 is 23.1 Å². The van der Waals surface area contributed by atoms with Gasteiger partial charge in [0.2, 0.25) is 5.91 Å². The monoisotopic (exact) mass is 761 g/mol. The van der Waals surface area contributed by atoms with Gasteiger partial charge in [0.15, 0.2) is 0 Å². The largest absolute Gasteiger partial charge is 0.462 e. The van der Waals surface area contributed by atoms with E-state index in [-0.39, 0.29) is 18.2 Å². The minimum absolute atomic E-state index is 0.0366. The number of thioether (sulfide) groups is 1. The summed E-state index contributed by atoms with van der Waals surface area (Å²) in [5, 5.41) is 8.60. The van der Waals surface area contributed by atoms with Crippen LogP contribution in [0.3, 0.4) is 0 Å². The molecule has 276 valence electrons. The second-order valence-corrected chi connectivity index (χ2v) is 15.1. The highest BCUT2D eigenvalue weighted by atomic mass is 32.2. The number of hydrogen-bond acceptors (Lipinski definition) is 7. The quantitative estimate of drug-likeness (QED) is 0.0627. The van der Waals surface area contributed by atoms with Crippen LogP contribution in [0.4, 0.5) is 15.1 Å². The average Bonchev–Trinajstić information content (AvgIpc) is 3.55. The molecular formula is C43H40FN3O5S2. The number of hydrogen-bond donors (Lipinski definition) is 3. The smallest absolute Gasteiger partial charge is 0.341 e. The zero-order valence-electron chi connectivity index (χ0n) is 29.9. The van der Waals surface area contributed by atoms with Crippen LogP contribution in [-0.4, -0.2) is 35.5 Å². The van der Waals surface area contributed by atoms with Crippen LogP contribution in [0.1, 0.15) is 74.9 Å². The van der Waals surface area contributed by atoms with E-state index in [1.807, 2.05) is 31.2 Å². The summed E-state index contributed by atoms with van der Waals surface area (Å²) < 4.78 is 19.0. The van der Waals surface area contributed by atoms with E-state index in [0.29, 0.717) is 39.7 Å². The van der Waals surface area contributed by atoms with Crippen molar-refractivity contribution in [1.29, 1.82) is 0 Å². The molecule has 3 amide bonds. The first-order valence-electron chi connectivity index (χ1n) is 17.8. The molecular weight excluding hydrogens is 722 g/mol. The van der Waals surface area contributed by atoms with Crippen molar-refractivity contribution in [1.82, 2.24) is 5.32 Å². The Morgan fingerprint density at radius 1 is 0.907 bits per heavy atom. The molecule has 0 bridgehead atoms. The van der Waals surface area contributed by atoms with E-state index < -0.39 is 28.9 Å². The number of rotatable bonds is 13. The van der Waals surface area contributed by atoms with Gasteiger partial charge in [-0.1, -0.05) is 73.7 Å². The van der Waals surface area contributed by atoms with Gasteiger partial charge in [0.05, 0.1) is 17.4 Å². The number of fused-ring (bicyclic) bond motifs is 1. The maximum absolute atomic E-state index is 13.8. The third-order valence-electron chi connectivity index (χ3n) is 9.00. The first kappa shape index (κ1) is 38.2. The molecule has 0 saturated heterocycles. The molecule has 1 aliphatic rings. The topological polar surface area (TPSA) is 114 Å². The van der Waals surface area contributed by atoms with Crippen LogP contribution < -0.4 is 16.0 Å². The van der Waals surface area contributed by atoms with Gasteiger partial charge >= 0.3 is 5.97 Å². The summed E-state index contributed by atoms with van der Waals surface area (Å²) in [7, 11) is 0. The van der Waals surface area contributed by atoms with E-state index >= 15 is 0 Å². The zero-order chi connectivity index (χ0) is 38.0. The van der Waals surface area contributed by atoms with Crippen LogP contribution in [0.5, 0.6) is 0 Å². The first-order valence-corrected chi connectivity index (χ1v) is 19.5.